The molecule has 2 aliphatic heterocycles. The Labute approximate surface area is 333 Å². The van der Waals surface area contributed by atoms with Crippen LogP contribution in [-0.2, 0) is 64.4 Å². The lowest BCUT2D eigenvalue weighted by Crippen LogP contribution is -2.68. The smallest absolute Gasteiger partial charge is 0.326 e. The van der Waals surface area contributed by atoms with E-state index in [9.17, 15) is 15.4 Å². The van der Waals surface area contributed by atoms with Gasteiger partial charge in [0.1, 0.15) is 48.2 Å². The number of benzene rings is 4. The highest BCUT2D eigenvalue weighted by Gasteiger charge is 2.53. The van der Waals surface area contributed by atoms with Gasteiger partial charge in [-0.1, -0.05) is 126 Å². The maximum atomic E-state index is 14.0. The molecule has 2 aliphatic rings. The van der Waals surface area contributed by atoms with Gasteiger partial charge in [0, 0.05) is 11.5 Å². The van der Waals surface area contributed by atoms with Crippen LogP contribution in [0.2, 0.25) is 0 Å². The van der Waals surface area contributed by atoms with Crippen molar-refractivity contribution in [2.24, 2.45) is 5.11 Å². The first-order chi connectivity index (χ1) is 27.7. The number of azide groups is 1. The van der Waals surface area contributed by atoms with Gasteiger partial charge in [-0.25, -0.2) is 0 Å². The Bertz CT molecular complexity index is 1850. The molecule has 0 aliphatic carbocycles. The average Bonchev–Trinajstić information content (AvgIpc) is 3.22. The first kappa shape index (κ1) is 42.0. The zero-order valence-corrected chi connectivity index (χ0v) is 32.5. The highest BCUT2D eigenvalue weighted by molar-refractivity contribution is 5.77. The highest BCUT2D eigenvalue weighted by Crippen LogP contribution is 2.34. The molecule has 4 aromatic rings. The molecular formula is C44H52N4O9. The van der Waals surface area contributed by atoms with E-state index in [1.54, 1.807) is 20.8 Å². The van der Waals surface area contributed by atoms with Crippen LogP contribution in [0.25, 0.3) is 10.4 Å². The van der Waals surface area contributed by atoms with Crippen LogP contribution in [0.3, 0.4) is 0 Å². The molecule has 0 unspecified atom stereocenters. The van der Waals surface area contributed by atoms with Crippen LogP contribution < -0.4 is 5.32 Å². The summed E-state index contributed by atoms with van der Waals surface area (Å²) in [6.45, 7) is 5.90. The summed E-state index contributed by atoms with van der Waals surface area (Å²) in [7, 11) is 0. The minimum atomic E-state index is -1.33. The Morgan fingerprint density at radius 1 is 0.719 bits per heavy atom. The van der Waals surface area contributed by atoms with Crippen LogP contribution in [0.1, 0.15) is 43.0 Å². The molecule has 0 amide bonds. The fraction of sp³-hybridized carbons (Fsp3) is 0.432. The topological polar surface area (TPSA) is 163 Å². The number of rotatable bonds is 17. The number of hydrogen-bond donors (Lipinski definition) is 2. The number of nitrogens with one attached hydrogen (secondary N) is 1. The molecule has 0 radical (unpaired) electrons. The Morgan fingerprint density at radius 2 is 1.18 bits per heavy atom. The Morgan fingerprint density at radius 3 is 1.63 bits per heavy atom. The second-order valence-electron chi connectivity index (χ2n) is 15.1. The maximum absolute atomic E-state index is 14.0. The van der Waals surface area contributed by atoms with Crippen LogP contribution in [0.15, 0.2) is 126 Å². The molecule has 9 atom stereocenters. The number of ether oxygens (including phenoxy) is 7. The van der Waals surface area contributed by atoms with Crippen molar-refractivity contribution in [3.63, 3.8) is 0 Å². The summed E-state index contributed by atoms with van der Waals surface area (Å²) in [5.41, 5.74) is 12.8. The van der Waals surface area contributed by atoms with E-state index in [-0.39, 0.29) is 33.0 Å². The van der Waals surface area contributed by atoms with Crippen molar-refractivity contribution in [2.45, 2.75) is 108 Å². The van der Waals surface area contributed by atoms with Crippen molar-refractivity contribution in [1.82, 2.24) is 5.32 Å². The maximum Gasteiger partial charge on any atom is 0.326 e. The molecule has 2 fully saturated rings. The van der Waals surface area contributed by atoms with E-state index in [1.807, 2.05) is 121 Å². The first-order valence-electron chi connectivity index (χ1n) is 19.3. The van der Waals surface area contributed by atoms with Crippen LogP contribution in [0.4, 0.5) is 0 Å². The molecule has 4 aromatic carbocycles. The predicted molar refractivity (Wildman–Crippen MR) is 211 cm³/mol. The van der Waals surface area contributed by atoms with Gasteiger partial charge in [0.05, 0.1) is 39.1 Å². The Hall–Kier alpha value is -4.66. The second-order valence-corrected chi connectivity index (χ2v) is 15.1. The van der Waals surface area contributed by atoms with E-state index in [0.717, 1.165) is 22.3 Å². The van der Waals surface area contributed by atoms with E-state index in [4.69, 9.17) is 33.2 Å². The molecule has 0 spiro atoms. The van der Waals surface area contributed by atoms with Crippen LogP contribution in [0, 0.1) is 0 Å². The van der Waals surface area contributed by atoms with Crippen molar-refractivity contribution in [1.29, 1.82) is 0 Å². The van der Waals surface area contributed by atoms with Crippen molar-refractivity contribution in [3.05, 3.63) is 154 Å². The van der Waals surface area contributed by atoms with Gasteiger partial charge in [-0.2, -0.15) is 0 Å². The van der Waals surface area contributed by atoms with E-state index >= 15 is 0 Å². The number of piperidine rings is 1. The van der Waals surface area contributed by atoms with Crippen molar-refractivity contribution >= 4 is 5.97 Å². The van der Waals surface area contributed by atoms with Gasteiger partial charge in [-0.15, -0.1) is 0 Å². The molecule has 13 heteroatoms. The van der Waals surface area contributed by atoms with E-state index in [0.29, 0.717) is 0 Å². The van der Waals surface area contributed by atoms with E-state index in [1.165, 1.54) is 0 Å². The number of aliphatic hydroxyl groups excluding tert-OH is 1. The van der Waals surface area contributed by atoms with Gasteiger partial charge >= 0.3 is 5.97 Å². The van der Waals surface area contributed by atoms with Crippen LogP contribution >= 0.6 is 0 Å². The molecular weight excluding hydrogens is 729 g/mol. The molecule has 13 nitrogen and oxygen atoms in total. The molecule has 57 heavy (non-hydrogen) atoms. The Balaban J connectivity index is 1.35. The highest BCUT2D eigenvalue weighted by atomic mass is 16.7. The third-order valence-corrected chi connectivity index (χ3v) is 9.65. The zero-order valence-electron chi connectivity index (χ0n) is 32.5. The number of esters is 1. The summed E-state index contributed by atoms with van der Waals surface area (Å²) in [6, 6.07) is 36.3. The fourth-order valence-corrected chi connectivity index (χ4v) is 6.93. The molecule has 2 heterocycles. The third-order valence-electron chi connectivity index (χ3n) is 9.65. The van der Waals surface area contributed by atoms with Crippen molar-refractivity contribution in [2.75, 3.05) is 13.2 Å². The number of hydrogen-bond acceptors (Lipinski definition) is 11. The normalized spacial score (nSPS) is 26.3. The van der Waals surface area contributed by atoms with Gasteiger partial charge in [-0.05, 0) is 48.6 Å². The number of carbonyl (C=O) groups is 1. The summed E-state index contributed by atoms with van der Waals surface area (Å²) in [5.74, 6) is -0.571. The fourth-order valence-electron chi connectivity index (χ4n) is 6.93. The molecule has 6 rings (SSSR count). The Kier molecular flexibility index (Phi) is 15.2. The van der Waals surface area contributed by atoms with Gasteiger partial charge < -0.3 is 38.3 Å². The van der Waals surface area contributed by atoms with Gasteiger partial charge in [0.15, 0.2) is 6.29 Å². The summed E-state index contributed by atoms with van der Waals surface area (Å²) < 4.78 is 45.4. The minimum absolute atomic E-state index is 0.142. The van der Waals surface area contributed by atoms with E-state index in [2.05, 4.69) is 15.3 Å². The van der Waals surface area contributed by atoms with Gasteiger partial charge in [0.2, 0.25) is 0 Å². The predicted octanol–water partition coefficient (Wildman–Crippen LogP) is 6.42. The summed E-state index contributed by atoms with van der Waals surface area (Å²) in [4.78, 5) is 17.2. The van der Waals surface area contributed by atoms with Gasteiger partial charge in [-0.3, -0.25) is 10.1 Å². The molecule has 0 bridgehead atoms. The largest absolute Gasteiger partial charge is 0.459 e. The number of carbonyl (C=O) groups excluding carboxylic acids is 1. The van der Waals surface area contributed by atoms with Gasteiger partial charge in [0.25, 0.3) is 0 Å². The zero-order chi connectivity index (χ0) is 40.0. The van der Waals surface area contributed by atoms with Crippen molar-refractivity contribution < 1.29 is 43.1 Å². The molecule has 0 aromatic heterocycles. The molecule has 0 saturated carbocycles. The lowest BCUT2D eigenvalue weighted by Gasteiger charge is -2.48. The summed E-state index contributed by atoms with van der Waals surface area (Å²) >= 11 is 0. The standard InChI is InChI=1S/C44H52N4O9/c1-44(2,3)57-42(50)36-41(38(52-27-31-18-10-5-11-19-31)34(24-46-36)51-26-30-16-8-4-9-17-30)56-43-37(47-48-45)40(54-29-33-22-14-7-15-23-33)39(35(25-49)55-43)53-28-32-20-12-6-13-21-32/h4-23,34-41,43,46,49H,24-29H2,1-3H3/t34-,35+,36+,37+,38+,39+,40+,41+,43+/m0/s1. The second kappa shape index (κ2) is 20.7. The minimum Gasteiger partial charge on any atom is -0.459 e. The van der Waals surface area contributed by atoms with Crippen molar-refractivity contribution in [3.8, 4) is 0 Å². The molecule has 2 saturated heterocycles. The quantitative estimate of drug-likeness (QED) is 0.0529. The van der Waals surface area contributed by atoms with Crippen LogP contribution in [-0.4, -0.2) is 84.8 Å². The molecule has 2 N–H and O–H groups in total. The number of nitrogens with zero attached hydrogens (tertiary/aromatic N) is 3. The van der Waals surface area contributed by atoms with Crippen LogP contribution in [0.5, 0.6) is 0 Å². The average molecular weight is 781 g/mol. The monoisotopic (exact) mass is 780 g/mol. The lowest BCUT2D eigenvalue weighted by molar-refractivity contribution is -0.310. The lowest BCUT2D eigenvalue weighted by atomic mass is 9.93. The van der Waals surface area contributed by atoms with E-state index < -0.39 is 73.2 Å². The summed E-state index contributed by atoms with van der Waals surface area (Å²) in [5, 5.41) is 18.3. The molecule has 302 valence electrons. The SMILES string of the molecule is CC(C)(C)OC(=O)[C@@H]1NC[C@H](OCc2ccccc2)[C@@H](OCc2ccccc2)[C@@H]1O[C@H]1O[C@H](CO)[C@@H](OCc2ccccc2)[C@H](OCc2ccccc2)[C@H]1N=[N+]=[N-]. The number of aliphatic hydroxyl groups is 1. The summed E-state index contributed by atoms with van der Waals surface area (Å²) in [6.07, 6.45) is -6.71. The third kappa shape index (κ3) is 11.9. The first-order valence-corrected chi connectivity index (χ1v) is 19.3.